The Hall–Kier alpha value is 0.390. The Kier molecular flexibility index (Phi) is 3.97. The van der Waals surface area contributed by atoms with E-state index in [0.29, 0.717) is 22.7 Å². The molecule has 0 aromatic carbocycles. The molecule has 2 unspecified atom stereocenters. The number of piperidine rings is 1. The van der Waals surface area contributed by atoms with Crippen LogP contribution in [0.1, 0.15) is 32.1 Å². The topological polar surface area (TPSA) is 37.4 Å². The maximum absolute atomic E-state index is 11.1. The van der Waals surface area contributed by atoms with Gasteiger partial charge in [-0.2, -0.15) is 0 Å². The maximum atomic E-state index is 11.1. The molecule has 2 saturated heterocycles. The highest BCUT2D eigenvalue weighted by molar-refractivity contribution is 9.09. The van der Waals surface area contributed by atoms with Gasteiger partial charge in [-0.1, -0.05) is 15.9 Å². The number of halogens is 1. The van der Waals surface area contributed by atoms with Crippen LogP contribution < -0.4 is 0 Å². The Morgan fingerprint density at radius 1 is 1.25 bits per heavy atom. The van der Waals surface area contributed by atoms with E-state index in [1.54, 1.807) is 0 Å². The third-order valence-electron chi connectivity index (χ3n) is 3.76. The van der Waals surface area contributed by atoms with Gasteiger partial charge in [0, 0.05) is 23.2 Å². The van der Waals surface area contributed by atoms with Crippen molar-refractivity contribution in [1.29, 1.82) is 0 Å². The highest BCUT2D eigenvalue weighted by Gasteiger charge is 2.39. The van der Waals surface area contributed by atoms with Crippen LogP contribution in [0.4, 0.5) is 0 Å². The first-order chi connectivity index (χ1) is 7.46. The van der Waals surface area contributed by atoms with E-state index in [9.17, 15) is 8.42 Å². The zero-order valence-corrected chi connectivity index (χ0v) is 12.1. The number of rotatable bonds is 4. The molecule has 3 nitrogen and oxygen atoms in total. The van der Waals surface area contributed by atoms with Crippen LogP contribution in [0.3, 0.4) is 0 Å². The van der Waals surface area contributed by atoms with E-state index in [4.69, 9.17) is 0 Å². The van der Waals surface area contributed by atoms with Gasteiger partial charge in [-0.05, 0) is 38.6 Å². The van der Waals surface area contributed by atoms with Crippen LogP contribution in [-0.2, 0) is 9.84 Å². The van der Waals surface area contributed by atoms with E-state index in [-0.39, 0.29) is 0 Å². The molecule has 0 aliphatic carbocycles. The summed E-state index contributed by atoms with van der Waals surface area (Å²) < 4.78 is 22.2. The molecule has 0 aromatic heterocycles. The summed E-state index contributed by atoms with van der Waals surface area (Å²) in [6.07, 6.45) is 7.17. The Morgan fingerprint density at radius 3 is 2.31 bits per heavy atom. The number of alkyl halides is 1. The lowest BCUT2D eigenvalue weighted by molar-refractivity contribution is 0.146. The minimum Gasteiger partial charge on any atom is -0.297 e. The van der Waals surface area contributed by atoms with Crippen LogP contribution in [0.2, 0.25) is 0 Å². The number of sulfone groups is 1. The minimum absolute atomic E-state index is 0.334. The molecule has 0 aromatic rings. The van der Waals surface area contributed by atoms with Crippen LogP contribution in [-0.4, -0.2) is 48.8 Å². The van der Waals surface area contributed by atoms with E-state index in [1.807, 2.05) is 0 Å². The predicted octanol–water partition coefficient (Wildman–Crippen LogP) is 1.81. The minimum atomic E-state index is -2.79. The first-order valence-electron chi connectivity index (χ1n) is 6.03. The summed E-state index contributed by atoms with van der Waals surface area (Å²) in [6, 6.07) is 1.39. The molecule has 2 heterocycles. The number of hydrogen-bond acceptors (Lipinski definition) is 3. The Balaban J connectivity index is 1.83. The van der Waals surface area contributed by atoms with Crippen LogP contribution >= 0.6 is 15.9 Å². The van der Waals surface area contributed by atoms with Crippen molar-refractivity contribution in [2.75, 3.05) is 18.6 Å². The summed E-state index contributed by atoms with van der Waals surface area (Å²) in [5, 5.41) is 0. The molecule has 0 amide bonds. The molecule has 2 atom stereocenters. The largest absolute Gasteiger partial charge is 0.297 e. The van der Waals surface area contributed by atoms with Gasteiger partial charge in [0.1, 0.15) is 9.84 Å². The number of nitrogens with zero attached hydrogens (tertiary/aromatic N) is 1. The normalized spacial score (nSPS) is 35.5. The van der Waals surface area contributed by atoms with Gasteiger partial charge in [-0.15, -0.1) is 0 Å². The second-order valence-corrected chi connectivity index (χ2v) is 8.73. The molecule has 0 N–H and O–H groups in total. The smallest absolute Gasteiger partial charge is 0.147 e. The van der Waals surface area contributed by atoms with Gasteiger partial charge in [0.2, 0.25) is 0 Å². The summed E-state index contributed by atoms with van der Waals surface area (Å²) in [5.74, 6) is 0.334. The zero-order valence-electron chi connectivity index (χ0n) is 9.73. The molecule has 2 aliphatic rings. The van der Waals surface area contributed by atoms with Gasteiger partial charge in [0.15, 0.2) is 0 Å². The van der Waals surface area contributed by atoms with Gasteiger partial charge >= 0.3 is 0 Å². The summed E-state index contributed by atoms with van der Waals surface area (Å²) >= 11 is 3.71. The molecule has 5 heteroatoms. The Labute approximate surface area is 107 Å². The summed E-state index contributed by atoms with van der Waals surface area (Å²) in [5.41, 5.74) is 0. The average Bonchev–Trinajstić information content (AvgIpc) is 2.41. The molecule has 16 heavy (non-hydrogen) atoms. The van der Waals surface area contributed by atoms with Gasteiger partial charge in [-0.3, -0.25) is 4.90 Å². The summed E-state index contributed by atoms with van der Waals surface area (Å²) in [7, 11) is -2.79. The van der Waals surface area contributed by atoms with Crippen LogP contribution in [0, 0.1) is 0 Å². The van der Waals surface area contributed by atoms with Crippen molar-refractivity contribution < 1.29 is 8.42 Å². The molecule has 2 aliphatic heterocycles. The monoisotopic (exact) mass is 309 g/mol. The first-order valence-corrected chi connectivity index (χ1v) is 9.01. The fourth-order valence-electron chi connectivity index (χ4n) is 3.08. The molecule has 94 valence electrons. The SMILES string of the molecule is CS(=O)(=O)CCCN1C2CCC1CC(Br)C2. The van der Waals surface area contributed by atoms with Gasteiger partial charge in [0.05, 0.1) is 5.75 Å². The molecular formula is C11H20BrNO2S. The molecule has 2 fully saturated rings. The molecule has 2 rings (SSSR count). The van der Waals surface area contributed by atoms with Crippen molar-refractivity contribution in [3.8, 4) is 0 Å². The Morgan fingerprint density at radius 2 is 1.81 bits per heavy atom. The lowest BCUT2D eigenvalue weighted by Crippen LogP contribution is -2.43. The highest BCUT2D eigenvalue weighted by atomic mass is 79.9. The van der Waals surface area contributed by atoms with Crippen molar-refractivity contribution in [2.24, 2.45) is 0 Å². The van der Waals surface area contributed by atoms with Crippen molar-refractivity contribution in [1.82, 2.24) is 4.90 Å². The fraction of sp³-hybridized carbons (Fsp3) is 1.00. The fourth-order valence-corrected chi connectivity index (χ4v) is 4.60. The third kappa shape index (κ3) is 3.20. The second kappa shape index (κ2) is 4.94. The van der Waals surface area contributed by atoms with Crippen molar-refractivity contribution in [2.45, 2.75) is 49.0 Å². The van der Waals surface area contributed by atoms with Gasteiger partial charge in [0.25, 0.3) is 0 Å². The number of hydrogen-bond donors (Lipinski definition) is 0. The third-order valence-corrected chi connectivity index (χ3v) is 5.54. The quantitative estimate of drug-likeness (QED) is 0.743. The van der Waals surface area contributed by atoms with Gasteiger partial charge < -0.3 is 0 Å². The van der Waals surface area contributed by atoms with Gasteiger partial charge in [-0.25, -0.2) is 8.42 Å². The lowest BCUT2D eigenvalue weighted by Gasteiger charge is -2.37. The first kappa shape index (κ1) is 12.8. The van der Waals surface area contributed by atoms with E-state index >= 15 is 0 Å². The van der Waals surface area contributed by atoms with Crippen LogP contribution in [0.15, 0.2) is 0 Å². The predicted molar refractivity (Wildman–Crippen MR) is 69.8 cm³/mol. The second-order valence-electron chi connectivity index (χ2n) is 5.17. The maximum Gasteiger partial charge on any atom is 0.147 e. The molecule has 0 saturated carbocycles. The van der Waals surface area contributed by atoms with E-state index in [1.165, 1.54) is 31.9 Å². The molecule has 2 bridgehead atoms. The summed E-state index contributed by atoms with van der Waals surface area (Å²) in [4.78, 5) is 3.22. The highest BCUT2D eigenvalue weighted by Crippen LogP contribution is 2.38. The van der Waals surface area contributed by atoms with Crippen LogP contribution in [0.25, 0.3) is 0 Å². The number of fused-ring (bicyclic) bond motifs is 2. The Bertz CT molecular complexity index is 330. The van der Waals surface area contributed by atoms with Crippen molar-refractivity contribution in [3.05, 3.63) is 0 Å². The van der Waals surface area contributed by atoms with E-state index < -0.39 is 9.84 Å². The zero-order chi connectivity index (χ0) is 11.8. The van der Waals surface area contributed by atoms with E-state index in [0.717, 1.165) is 13.0 Å². The lowest BCUT2D eigenvalue weighted by atomic mass is 10.0. The molecule has 0 spiro atoms. The molecule has 0 radical (unpaired) electrons. The average molecular weight is 310 g/mol. The van der Waals surface area contributed by atoms with Crippen LogP contribution in [0.5, 0.6) is 0 Å². The standard InChI is InChI=1S/C11H20BrNO2S/c1-16(14,15)6-2-5-13-10-3-4-11(13)8-9(12)7-10/h9-11H,2-8H2,1H3. The summed E-state index contributed by atoms with van der Waals surface area (Å²) in [6.45, 7) is 0.960. The van der Waals surface area contributed by atoms with E-state index in [2.05, 4.69) is 20.8 Å². The molecular weight excluding hydrogens is 290 g/mol. The van der Waals surface area contributed by atoms with Crippen molar-refractivity contribution in [3.63, 3.8) is 0 Å². The van der Waals surface area contributed by atoms with Crippen molar-refractivity contribution >= 4 is 25.8 Å².